The number of aromatic nitrogens is 2. The van der Waals surface area contributed by atoms with Crippen LogP contribution in [0.15, 0.2) is 41.5 Å². The number of nitrogens with two attached hydrogens (primary N) is 1. The first kappa shape index (κ1) is 14.6. The Morgan fingerprint density at radius 3 is 2.95 bits per heavy atom. The van der Waals surface area contributed by atoms with Crippen LogP contribution in [-0.4, -0.2) is 22.6 Å². The van der Waals surface area contributed by atoms with Crippen LogP contribution in [0.1, 0.15) is 6.42 Å². The van der Waals surface area contributed by atoms with Crippen molar-refractivity contribution in [2.24, 2.45) is 0 Å². The fourth-order valence-electron chi connectivity index (χ4n) is 1.77. The fraction of sp³-hybridized carbons (Fsp3) is 0.214. The van der Waals surface area contributed by atoms with E-state index in [2.05, 4.69) is 10.3 Å². The Balaban J connectivity index is 1.96. The molecule has 0 atom stereocenters. The molecule has 0 fully saturated rings. The SMILES string of the molecule is COc1ccc(NC(=O)CCn2cccnc2=O)c(N)c1. The Kier molecular flexibility index (Phi) is 4.55. The van der Waals surface area contributed by atoms with Gasteiger partial charge in [-0.1, -0.05) is 0 Å². The van der Waals surface area contributed by atoms with Crippen molar-refractivity contribution < 1.29 is 9.53 Å². The maximum absolute atomic E-state index is 11.9. The van der Waals surface area contributed by atoms with Crippen molar-refractivity contribution in [3.8, 4) is 5.75 Å². The summed E-state index contributed by atoms with van der Waals surface area (Å²) in [4.78, 5) is 26.9. The second-order valence-corrected chi connectivity index (χ2v) is 4.35. The number of rotatable bonds is 5. The second kappa shape index (κ2) is 6.56. The molecule has 21 heavy (non-hydrogen) atoms. The van der Waals surface area contributed by atoms with Crippen LogP contribution in [0.5, 0.6) is 5.75 Å². The Labute approximate surface area is 121 Å². The molecule has 1 aromatic carbocycles. The number of nitrogens with one attached hydrogen (secondary N) is 1. The zero-order valence-electron chi connectivity index (χ0n) is 11.6. The van der Waals surface area contributed by atoms with E-state index in [1.165, 1.54) is 10.8 Å². The van der Waals surface area contributed by atoms with Gasteiger partial charge in [0.1, 0.15) is 5.75 Å². The fourth-order valence-corrected chi connectivity index (χ4v) is 1.77. The summed E-state index contributed by atoms with van der Waals surface area (Å²) in [5.41, 5.74) is 6.37. The van der Waals surface area contributed by atoms with Crippen LogP contribution in [-0.2, 0) is 11.3 Å². The molecule has 7 heteroatoms. The van der Waals surface area contributed by atoms with Crippen molar-refractivity contribution in [1.82, 2.24) is 9.55 Å². The highest BCUT2D eigenvalue weighted by Gasteiger charge is 2.07. The average molecular weight is 288 g/mol. The van der Waals surface area contributed by atoms with E-state index in [0.29, 0.717) is 17.1 Å². The standard InChI is InChI=1S/C14H16N4O3/c1-21-10-3-4-12(11(15)9-10)17-13(19)5-8-18-7-2-6-16-14(18)20/h2-4,6-7,9H,5,8,15H2,1H3,(H,17,19). The molecule has 0 bridgehead atoms. The summed E-state index contributed by atoms with van der Waals surface area (Å²) in [7, 11) is 1.54. The average Bonchev–Trinajstić information content (AvgIpc) is 2.48. The topological polar surface area (TPSA) is 99.2 Å². The molecule has 0 saturated heterocycles. The lowest BCUT2D eigenvalue weighted by Crippen LogP contribution is -2.24. The van der Waals surface area contributed by atoms with E-state index < -0.39 is 0 Å². The van der Waals surface area contributed by atoms with Crippen molar-refractivity contribution >= 4 is 17.3 Å². The molecule has 0 radical (unpaired) electrons. The second-order valence-electron chi connectivity index (χ2n) is 4.35. The molecule has 3 N–H and O–H groups in total. The first-order valence-corrected chi connectivity index (χ1v) is 6.35. The largest absolute Gasteiger partial charge is 0.497 e. The van der Waals surface area contributed by atoms with E-state index in [4.69, 9.17) is 10.5 Å². The maximum Gasteiger partial charge on any atom is 0.347 e. The highest BCUT2D eigenvalue weighted by molar-refractivity contribution is 5.93. The third kappa shape index (κ3) is 3.82. The van der Waals surface area contributed by atoms with E-state index >= 15 is 0 Å². The molecule has 7 nitrogen and oxygen atoms in total. The molecular formula is C14H16N4O3. The zero-order chi connectivity index (χ0) is 15.2. The third-order valence-electron chi connectivity index (χ3n) is 2.90. The van der Waals surface area contributed by atoms with Crippen molar-refractivity contribution in [3.05, 3.63) is 47.1 Å². The molecule has 1 heterocycles. The van der Waals surface area contributed by atoms with Crippen LogP contribution < -0.4 is 21.5 Å². The third-order valence-corrected chi connectivity index (χ3v) is 2.90. The van der Waals surface area contributed by atoms with Crippen LogP contribution in [0.4, 0.5) is 11.4 Å². The molecular weight excluding hydrogens is 272 g/mol. The van der Waals surface area contributed by atoms with Gasteiger partial charge in [0.25, 0.3) is 0 Å². The van der Waals surface area contributed by atoms with Gasteiger partial charge in [0.05, 0.1) is 18.5 Å². The van der Waals surface area contributed by atoms with Gasteiger partial charge in [-0.05, 0) is 18.2 Å². The predicted octanol–water partition coefficient (Wildman–Crippen LogP) is 0.863. The Hall–Kier alpha value is -2.83. The molecule has 0 saturated carbocycles. The van der Waals surface area contributed by atoms with Gasteiger partial charge in [-0.3, -0.25) is 9.36 Å². The van der Waals surface area contributed by atoms with Crippen molar-refractivity contribution in [2.75, 3.05) is 18.2 Å². The monoisotopic (exact) mass is 288 g/mol. The predicted molar refractivity (Wildman–Crippen MR) is 79.2 cm³/mol. The lowest BCUT2D eigenvalue weighted by Gasteiger charge is -2.10. The molecule has 2 rings (SSSR count). The van der Waals surface area contributed by atoms with Gasteiger partial charge in [0.2, 0.25) is 5.91 Å². The number of carbonyl (C=O) groups excluding carboxylic acids is 1. The van der Waals surface area contributed by atoms with E-state index in [1.54, 1.807) is 37.6 Å². The van der Waals surface area contributed by atoms with Gasteiger partial charge in [0, 0.05) is 31.4 Å². The summed E-state index contributed by atoms with van der Waals surface area (Å²) >= 11 is 0. The van der Waals surface area contributed by atoms with Gasteiger partial charge in [-0.25, -0.2) is 9.78 Å². The summed E-state index contributed by atoms with van der Waals surface area (Å²) in [5, 5.41) is 2.70. The van der Waals surface area contributed by atoms with Crippen molar-refractivity contribution in [2.45, 2.75) is 13.0 Å². The minimum Gasteiger partial charge on any atom is -0.497 e. The first-order valence-electron chi connectivity index (χ1n) is 6.35. The van der Waals surface area contributed by atoms with E-state index in [-0.39, 0.29) is 24.6 Å². The van der Waals surface area contributed by atoms with Crippen molar-refractivity contribution in [3.63, 3.8) is 0 Å². The molecule has 0 unspecified atom stereocenters. The molecule has 0 aliphatic carbocycles. The van der Waals surface area contributed by atoms with Gasteiger partial charge in [-0.2, -0.15) is 0 Å². The highest BCUT2D eigenvalue weighted by atomic mass is 16.5. The molecule has 0 aliphatic rings. The number of anilines is 2. The summed E-state index contributed by atoms with van der Waals surface area (Å²) in [6, 6.07) is 6.64. The lowest BCUT2D eigenvalue weighted by molar-refractivity contribution is -0.116. The quantitative estimate of drug-likeness (QED) is 0.795. The number of methoxy groups -OCH3 is 1. The van der Waals surface area contributed by atoms with E-state index in [0.717, 1.165) is 0 Å². The van der Waals surface area contributed by atoms with Gasteiger partial charge in [-0.15, -0.1) is 0 Å². The number of nitrogens with zero attached hydrogens (tertiary/aromatic N) is 2. The van der Waals surface area contributed by atoms with Crippen molar-refractivity contribution in [1.29, 1.82) is 0 Å². The van der Waals surface area contributed by atoms with Crippen LogP contribution in [0, 0.1) is 0 Å². The number of ether oxygens (including phenoxy) is 1. The van der Waals surface area contributed by atoms with Gasteiger partial charge < -0.3 is 15.8 Å². The summed E-state index contributed by atoms with van der Waals surface area (Å²) in [6.07, 6.45) is 3.15. The Morgan fingerprint density at radius 2 is 2.29 bits per heavy atom. The van der Waals surface area contributed by atoms with Crippen LogP contribution in [0.2, 0.25) is 0 Å². The summed E-state index contributed by atoms with van der Waals surface area (Å²) in [5.74, 6) is 0.384. The molecule has 0 aliphatic heterocycles. The molecule has 0 spiro atoms. The van der Waals surface area contributed by atoms with Crippen LogP contribution in [0.25, 0.3) is 0 Å². The smallest absolute Gasteiger partial charge is 0.347 e. The number of hydrogen-bond acceptors (Lipinski definition) is 5. The minimum absolute atomic E-state index is 0.150. The molecule has 1 amide bonds. The lowest BCUT2D eigenvalue weighted by atomic mass is 10.2. The van der Waals surface area contributed by atoms with Crippen LogP contribution >= 0.6 is 0 Å². The molecule has 1 aromatic heterocycles. The number of nitrogen functional groups attached to an aromatic ring is 1. The number of aryl methyl sites for hydroxylation is 1. The molecule has 110 valence electrons. The highest BCUT2D eigenvalue weighted by Crippen LogP contribution is 2.24. The number of benzene rings is 1. The number of carbonyl (C=O) groups is 1. The van der Waals surface area contributed by atoms with Crippen LogP contribution in [0.3, 0.4) is 0 Å². The summed E-state index contributed by atoms with van der Waals surface area (Å²) < 4.78 is 6.41. The Bertz CT molecular complexity index is 697. The minimum atomic E-state index is -0.380. The van der Waals surface area contributed by atoms with Gasteiger partial charge >= 0.3 is 5.69 Å². The maximum atomic E-state index is 11.9. The van der Waals surface area contributed by atoms with E-state index in [1.807, 2.05) is 0 Å². The van der Waals surface area contributed by atoms with Gasteiger partial charge in [0.15, 0.2) is 0 Å². The zero-order valence-corrected chi connectivity index (χ0v) is 11.6. The Morgan fingerprint density at radius 1 is 1.48 bits per heavy atom. The normalized spacial score (nSPS) is 10.1. The van der Waals surface area contributed by atoms with E-state index in [9.17, 15) is 9.59 Å². The first-order chi connectivity index (χ1) is 10.1. The molecule has 2 aromatic rings. The number of hydrogen-bond donors (Lipinski definition) is 2. The number of amides is 1. The summed E-state index contributed by atoms with van der Waals surface area (Å²) in [6.45, 7) is 0.258.